The molecule has 0 radical (unpaired) electrons. The van der Waals surface area contributed by atoms with Gasteiger partial charge in [0.05, 0.1) is 36.3 Å². The van der Waals surface area contributed by atoms with E-state index in [1.54, 1.807) is 18.2 Å². The third-order valence-corrected chi connectivity index (χ3v) is 3.01. The molecule has 0 spiro atoms. The fourth-order valence-electron chi connectivity index (χ4n) is 1.79. The molecule has 0 atom stereocenters. The average molecular weight is 275 g/mol. The van der Waals surface area contributed by atoms with Gasteiger partial charge < -0.3 is 20.2 Å². The maximum atomic E-state index is 11.5. The zero-order valence-electron chi connectivity index (χ0n) is 11.7. The minimum absolute atomic E-state index is 0.331. The Morgan fingerprint density at radius 3 is 2.80 bits per heavy atom. The normalized spacial score (nSPS) is 10.3. The van der Waals surface area contributed by atoms with Gasteiger partial charge in [0, 0.05) is 0 Å². The Hall–Kier alpha value is -2.50. The summed E-state index contributed by atoms with van der Waals surface area (Å²) in [7, 11) is 1.32. The van der Waals surface area contributed by atoms with Gasteiger partial charge in [-0.05, 0) is 26.0 Å². The number of nitrogens with two attached hydrogens (primary N) is 1. The summed E-state index contributed by atoms with van der Waals surface area (Å²) in [5.41, 5.74) is 8.12. The Kier molecular flexibility index (Phi) is 3.93. The lowest BCUT2D eigenvalue weighted by Gasteiger charge is -2.10. The van der Waals surface area contributed by atoms with Gasteiger partial charge in [-0.3, -0.25) is 0 Å². The number of nitrogens with one attached hydrogen (secondary N) is 1. The number of esters is 1. The Labute approximate surface area is 116 Å². The molecule has 0 amide bonds. The van der Waals surface area contributed by atoms with Crippen LogP contribution in [0.2, 0.25) is 0 Å². The molecule has 0 aliphatic rings. The second-order valence-electron chi connectivity index (χ2n) is 4.36. The van der Waals surface area contributed by atoms with Crippen molar-refractivity contribution in [3.8, 4) is 0 Å². The van der Waals surface area contributed by atoms with Crippen molar-refractivity contribution in [1.29, 1.82) is 0 Å². The van der Waals surface area contributed by atoms with E-state index >= 15 is 0 Å². The Bertz CT molecular complexity index is 615. The second kappa shape index (κ2) is 5.64. The molecule has 0 aliphatic carbocycles. The summed E-state index contributed by atoms with van der Waals surface area (Å²) in [5.74, 6) is 0.898. The Morgan fingerprint density at radius 1 is 1.45 bits per heavy atom. The molecular weight excluding hydrogens is 258 g/mol. The molecule has 3 N–H and O–H groups in total. The number of rotatable bonds is 4. The molecule has 106 valence electrons. The van der Waals surface area contributed by atoms with Gasteiger partial charge in [0.1, 0.15) is 5.76 Å². The highest BCUT2D eigenvalue weighted by atomic mass is 16.5. The highest BCUT2D eigenvalue weighted by Crippen LogP contribution is 2.24. The van der Waals surface area contributed by atoms with Gasteiger partial charge >= 0.3 is 5.97 Å². The number of nitrogens with zero attached hydrogens (tertiary/aromatic N) is 1. The minimum Gasteiger partial charge on any atom is -0.465 e. The van der Waals surface area contributed by atoms with Gasteiger partial charge in [0.2, 0.25) is 5.89 Å². The molecule has 1 aromatic carbocycles. The van der Waals surface area contributed by atoms with Gasteiger partial charge in [-0.15, -0.1) is 0 Å². The average Bonchev–Trinajstić information content (AvgIpc) is 2.76. The number of carbonyl (C=O) groups is 1. The first-order chi connectivity index (χ1) is 9.52. The molecular formula is C14H17N3O3. The summed E-state index contributed by atoms with van der Waals surface area (Å²) < 4.78 is 10.1. The SMILES string of the molecule is COC(=O)c1cccc(NCc2nc(C)c(C)o2)c1N. The summed E-state index contributed by atoms with van der Waals surface area (Å²) in [6, 6.07) is 5.13. The van der Waals surface area contributed by atoms with Crippen molar-refractivity contribution in [3.63, 3.8) is 0 Å². The zero-order valence-corrected chi connectivity index (χ0v) is 11.7. The molecule has 2 aromatic rings. The van der Waals surface area contributed by atoms with Crippen molar-refractivity contribution < 1.29 is 13.9 Å². The van der Waals surface area contributed by atoms with E-state index in [4.69, 9.17) is 10.2 Å². The van der Waals surface area contributed by atoms with E-state index < -0.39 is 5.97 Å². The zero-order chi connectivity index (χ0) is 14.7. The number of carbonyl (C=O) groups excluding carboxylic acids is 1. The summed E-state index contributed by atoms with van der Waals surface area (Å²) >= 11 is 0. The van der Waals surface area contributed by atoms with Gasteiger partial charge in [-0.1, -0.05) is 6.07 Å². The van der Waals surface area contributed by atoms with Crippen LogP contribution >= 0.6 is 0 Å². The first-order valence-corrected chi connectivity index (χ1v) is 6.16. The van der Waals surface area contributed by atoms with E-state index in [1.165, 1.54) is 7.11 Å². The molecule has 0 bridgehead atoms. The largest absolute Gasteiger partial charge is 0.465 e. The van der Waals surface area contributed by atoms with Gasteiger partial charge in [-0.25, -0.2) is 9.78 Å². The fraction of sp³-hybridized carbons (Fsp3) is 0.286. The highest BCUT2D eigenvalue weighted by Gasteiger charge is 2.13. The van der Waals surface area contributed by atoms with E-state index in [-0.39, 0.29) is 0 Å². The predicted molar refractivity (Wildman–Crippen MR) is 75.5 cm³/mol. The quantitative estimate of drug-likeness (QED) is 0.657. The lowest BCUT2D eigenvalue weighted by molar-refractivity contribution is 0.0602. The first kappa shape index (κ1) is 13.9. The minimum atomic E-state index is -0.464. The number of aryl methyl sites for hydroxylation is 2. The second-order valence-corrected chi connectivity index (χ2v) is 4.36. The molecule has 0 aliphatic heterocycles. The van der Waals surface area contributed by atoms with Crippen molar-refractivity contribution in [3.05, 3.63) is 41.1 Å². The lowest BCUT2D eigenvalue weighted by atomic mass is 10.1. The number of anilines is 2. The summed E-state index contributed by atoms with van der Waals surface area (Å²) in [5, 5.41) is 3.10. The maximum absolute atomic E-state index is 11.5. The number of para-hydroxylation sites is 1. The molecule has 20 heavy (non-hydrogen) atoms. The highest BCUT2D eigenvalue weighted by molar-refractivity contribution is 5.98. The van der Waals surface area contributed by atoms with Crippen LogP contribution in [0.4, 0.5) is 11.4 Å². The number of hydrogen-bond donors (Lipinski definition) is 2. The molecule has 6 heteroatoms. The molecule has 1 aromatic heterocycles. The summed E-state index contributed by atoms with van der Waals surface area (Å²) in [4.78, 5) is 15.8. The van der Waals surface area contributed by atoms with Crippen LogP contribution in [0.5, 0.6) is 0 Å². The molecule has 2 rings (SSSR count). The van der Waals surface area contributed by atoms with Crippen molar-refractivity contribution in [2.75, 3.05) is 18.2 Å². The molecule has 0 saturated carbocycles. The number of aromatic nitrogens is 1. The predicted octanol–water partition coefficient (Wildman–Crippen LogP) is 2.27. The number of ether oxygens (including phenoxy) is 1. The van der Waals surface area contributed by atoms with E-state index in [1.807, 2.05) is 13.8 Å². The maximum Gasteiger partial charge on any atom is 0.340 e. The van der Waals surface area contributed by atoms with Crippen molar-refractivity contribution >= 4 is 17.3 Å². The molecule has 0 unspecified atom stereocenters. The smallest absolute Gasteiger partial charge is 0.340 e. The number of hydrogen-bond acceptors (Lipinski definition) is 6. The van der Waals surface area contributed by atoms with Crippen molar-refractivity contribution in [2.24, 2.45) is 0 Å². The first-order valence-electron chi connectivity index (χ1n) is 6.16. The summed E-state index contributed by atoms with van der Waals surface area (Å²) in [6.45, 7) is 4.14. The lowest BCUT2D eigenvalue weighted by Crippen LogP contribution is -2.09. The van der Waals surface area contributed by atoms with Gasteiger partial charge in [0.15, 0.2) is 0 Å². The number of methoxy groups -OCH3 is 1. The van der Waals surface area contributed by atoms with Crippen LogP contribution in [0.15, 0.2) is 22.6 Å². The molecule has 0 fully saturated rings. The van der Waals surface area contributed by atoms with Crippen LogP contribution in [-0.2, 0) is 11.3 Å². The standard InChI is InChI=1S/C14H17N3O3/c1-8-9(2)20-12(17-8)7-16-11-6-4-5-10(13(11)15)14(18)19-3/h4-6,16H,7,15H2,1-3H3. The summed E-state index contributed by atoms with van der Waals surface area (Å²) in [6.07, 6.45) is 0. The fourth-order valence-corrected chi connectivity index (χ4v) is 1.79. The van der Waals surface area contributed by atoms with Crippen molar-refractivity contribution in [2.45, 2.75) is 20.4 Å². The third kappa shape index (κ3) is 2.74. The molecule has 6 nitrogen and oxygen atoms in total. The van der Waals surface area contributed by atoms with Crippen LogP contribution in [0, 0.1) is 13.8 Å². The van der Waals surface area contributed by atoms with Gasteiger partial charge in [-0.2, -0.15) is 0 Å². The van der Waals surface area contributed by atoms with Crippen LogP contribution in [-0.4, -0.2) is 18.1 Å². The topological polar surface area (TPSA) is 90.4 Å². The molecule has 1 heterocycles. The van der Waals surface area contributed by atoms with Crippen LogP contribution in [0.1, 0.15) is 27.7 Å². The van der Waals surface area contributed by atoms with E-state index in [0.29, 0.717) is 29.4 Å². The number of oxazole rings is 1. The monoisotopic (exact) mass is 275 g/mol. The van der Waals surface area contributed by atoms with Crippen LogP contribution in [0.3, 0.4) is 0 Å². The Balaban J connectivity index is 2.15. The van der Waals surface area contributed by atoms with Gasteiger partial charge in [0.25, 0.3) is 0 Å². The third-order valence-electron chi connectivity index (χ3n) is 3.01. The molecule has 0 saturated heterocycles. The van der Waals surface area contributed by atoms with Crippen LogP contribution in [0.25, 0.3) is 0 Å². The number of benzene rings is 1. The van der Waals surface area contributed by atoms with E-state index in [0.717, 1.165) is 11.5 Å². The van der Waals surface area contributed by atoms with Crippen molar-refractivity contribution in [1.82, 2.24) is 4.98 Å². The van der Waals surface area contributed by atoms with E-state index in [9.17, 15) is 4.79 Å². The Morgan fingerprint density at radius 2 is 2.20 bits per heavy atom. The number of nitrogen functional groups attached to an aromatic ring is 1. The van der Waals surface area contributed by atoms with E-state index in [2.05, 4.69) is 15.0 Å². The van der Waals surface area contributed by atoms with Crippen LogP contribution < -0.4 is 11.1 Å².